The summed E-state index contributed by atoms with van der Waals surface area (Å²) >= 11 is 0. The summed E-state index contributed by atoms with van der Waals surface area (Å²) in [7, 11) is 0. The number of hydrogen-bond donors (Lipinski definition) is 2. The molecular formula is C19H20N2O3. The van der Waals surface area contributed by atoms with Crippen LogP contribution in [0, 0.1) is 0 Å². The minimum absolute atomic E-state index is 0.251. The van der Waals surface area contributed by atoms with Gasteiger partial charge in [-0.1, -0.05) is 43.0 Å². The first-order valence-electron chi connectivity index (χ1n) is 7.60. The van der Waals surface area contributed by atoms with Gasteiger partial charge in [-0.3, -0.25) is 9.59 Å². The summed E-state index contributed by atoms with van der Waals surface area (Å²) in [6.45, 7) is 5.80. The molecular weight excluding hydrogens is 304 g/mol. The molecule has 2 amide bonds. The molecule has 2 aromatic carbocycles. The second-order valence-electron chi connectivity index (χ2n) is 5.18. The molecule has 0 aromatic heterocycles. The Morgan fingerprint density at radius 3 is 2.38 bits per heavy atom. The number of amides is 2. The Morgan fingerprint density at radius 2 is 1.75 bits per heavy atom. The van der Waals surface area contributed by atoms with Crippen molar-refractivity contribution >= 4 is 17.5 Å². The van der Waals surface area contributed by atoms with Gasteiger partial charge in [0.05, 0.1) is 6.04 Å². The number of rotatable bonds is 6. The Bertz CT molecular complexity index is 696. The van der Waals surface area contributed by atoms with Gasteiger partial charge in [0.2, 0.25) is 0 Å². The number of ether oxygens (including phenoxy) is 1. The van der Waals surface area contributed by atoms with E-state index < -0.39 is 11.8 Å². The highest BCUT2D eigenvalue weighted by Crippen LogP contribution is 2.16. The van der Waals surface area contributed by atoms with E-state index in [0.29, 0.717) is 18.0 Å². The fourth-order valence-corrected chi connectivity index (χ4v) is 2.06. The standard InChI is InChI=1S/C19H20N2O3/c1-3-13-24-17-11-9-16(10-12-17)21-19(23)18(22)20-14(2)15-7-5-4-6-8-15/h3-12,14H,1,13H2,2H3,(H,20,22)(H,21,23). The molecule has 2 rings (SSSR count). The largest absolute Gasteiger partial charge is 0.490 e. The number of anilines is 1. The molecule has 0 bridgehead atoms. The summed E-state index contributed by atoms with van der Waals surface area (Å²) in [6, 6.07) is 16.0. The number of carbonyl (C=O) groups is 2. The first kappa shape index (κ1) is 17.3. The lowest BCUT2D eigenvalue weighted by atomic mass is 10.1. The van der Waals surface area contributed by atoms with Crippen LogP contribution in [0.2, 0.25) is 0 Å². The predicted molar refractivity (Wildman–Crippen MR) is 93.8 cm³/mol. The molecule has 124 valence electrons. The molecule has 0 aliphatic rings. The molecule has 0 saturated heterocycles. The molecule has 5 heteroatoms. The van der Waals surface area contributed by atoms with Crippen LogP contribution >= 0.6 is 0 Å². The van der Waals surface area contributed by atoms with Crippen LogP contribution in [0.15, 0.2) is 67.3 Å². The fraction of sp³-hybridized carbons (Fsp3) is 0.158. The van der Waals surface area contributed by atoms with Crippen LogP contribution in [-0.4, -0.2) is 18.4 Å². The second-order valence-corrected chi connectivity index (χ2v) is 5.18. The van der Waals surface area contributed by atoms with Gasteiger partial charge in [0.25, 0.3) is 0 Å². The molecule has 0 saturated carbocycles. The minimum Gasteiger partial charge on any atom is -0.490 e. The van der Waals surface area contributed by atoms with E-state index in [1.807, 2.05) is 37.3 Å². The molecule has 0 heterocycles. The molecule has 24 heavy (non-hydrogen) atoms. The molecule has 1 unspecified atom stereocenters. The molecule has 0 spiro atoms. The third-order valence-electron chi connectivity index (χ3n) is 3.33. The van der Waals surface area contributed by atoms with E-state index in [1.54, 1.807) is 30.3 Å². The molecule has 0 radical (unpaired) electrons. The summed E-state index contributed by atoms with van der Waals surface area (Å²) < 4.78 is 5.35. The average molecular weight is 324 g/mol. The highest BCUT2D eigenvalue weighted by molar-refractivity contribution is 6.39. The maximum atomic E-state index is 12.0. The highest BCUT2D eigenvalue weighted by atomic mass is 16.5. The van der Waals surface area contributed by atoms with Gasteiger partial charge in [0.1, 0.15) is 12.4 Å². The van der Waals surface area contributed by atoms with E-state index >= 15 is 0 Å². The average Bonchev–Trinajstić information content (AvgIpc) is 2.61. The van der Waals surface area contributed by atoms with Gasteiger partial charge in [-0.25, -0.2) is 0 Å². The Balaban J connectivity index is 1.89. The van der Waals surface area contributed by atoms with Crippen molar-refractivity contribution in [3.05, 3.63) is 72.8 Å². The lowest BCUT2D eigenvalue weighted by Crippen LogP contribution is -2.36. The molecule has 1 atom stereocenters. The SMILES string of the molecule is C=CCOc1ccc(NC(=O)C(=O)NC(C)c2ccccc2)cc1. The van der Waals surface area contributed by atoms with Crippen LogP contribution < -0.4 is 15.4 Å². The van der Waals surface area contributed by atoms with Gasteiger partial charge in [0.15, 0.2) is 0 Å². The number of hydrogen-bond acceptors (Lipinski definition) is 3. The molecule has 0 aliphatic carbocycles. The summed E-state index contributed by atoms with van der Waals surface area (Å²) in [5, 5.41) is 5.22. The van der Waals surface area contributed by atoms with Gasteiger partial charge in [-0.05, 0) is 36.8 Å². The zero-order chi connectivity index (χ0) is 17.4. The summed E-state index contributed by atoms with van der Waals surface area (Å²) in [5.41, 5.74) is 1.45. The van der Waals surface area contributed by atoms with E-state index in [0.717, 1.165) is 5.56 Å². The molecule has 0 aliphatic heterocycles. The van der Waals surface area contributed by atoms with Crippen LogP contribution in [0.5, 0.6) is 5.75 Å². The summed E-state index contributed by atoms with van der Waals surface area (Å²) in [4.78, 5) is 23.9. The number of nitrogens with one attached hydrogen (secondary N) is 2. The van der Waals surface area contributed by atoms with Crippen molar-refractivity contribution in [3.63, 3.8) is 0 Å². The lowest BCUT2D eigenvalue weighted by Gasteiger charge is -2.14. The van der Waals surface area contributed by atoms with Crippen molar-refractivity contribution in [1.82, 2.24) is 5.32 Å². The first-order chi connectivity index (χ1) is 11.6. The third kappa shape index (κ3) is 4.98. The van der Waals surface area contributed by atoms with Gasteiger partial charge >= 0.3 is 11.8 Å². The zero-order valence-electron chi connectivity index (χ0n) is 13.5. The molecule has 2 N–H and O–H groups in total. The maximum absolute atomic E-state index is 12.0. The van der Waals surface area contributed by atoms with Crippen LogP contribution in [-0.2, 0) is 9.59 Å². The van der Waals surface area contributed by atoms with Crippen LogP contribution in [0.1, 0.15) is 18.5 Å². The van der Waals surface area contributed by atoms with Crippen LogP contribution in [0.25, 0.3) is 0 Å². The number of carbonyl (C=O) groups excluding carboxylic acids is 2. The van der Waals surface area contributed by atoms with E-state index in [9.17, 15) is 9.59 Å². The second kappa shape index (κ2) is 8.53. The van der Waals surface area contributed by atoms with Crippen LogP contribution in [0.3, 0.4) is 0 Å². The van der Waals surface area contributed by atoms with Gasteiger partial charge in [-0.2, -0.15) is 0 Å². The Kier molecular flexibility index (Phi) is 6.14. The Labute approximate surface area is 141 Å². The smallest absolute Gasteiger partial charge is 0.313 e. The first-order valence-corrected chi connectivity index (χ1v) is 7.60. The van der Waals surface area contributed by atoms with Crippen molar-refractivity contribution in [1.29, 1.82) is 0 Å². The molecule has 0 fully saturated rings. The van der Waals surface area contributed by atoms with Gasteiger partial charge < -0.3 is 15.4 Å². The molecule has 5 nitrogen and oxygen atoms in total. The Hall–Kier alpha value is -3.08. The topological polar surface area (TPSA) is 67.4 Å². The van der Waals surface area contributed by atoms with Crippen molar-refractivity contribution in [2.75, 3.05) is 11.9 Å². The monoisotopic (exact) mass is 324 g/mol. The maximum Gasteiger partial charge on any atom is 0.313 e. The van der Waals surface area contributed by atoms with Crippen molar-refractivity contribution in [2.45, 2.75) is 13.0 Å². The van der Waals surface area contributed by atoms with Gasteiger partial charge in [-0.15, -0.1) is 0 Å². The number of benzene rings is 2. The van der Waals surface area contributed by atoms with E-state index in [2.05, 4.69) is 17.2 Å². The zero-order valence-corrected chi connectivity index (χ0v) is 13.5. The fourth-order valence-electron chi connectivity index (χ4n) is 2.06. The van der Waals surface area contributed by atoms with E-state index in [4.69, 9.17) is 4.74 Å². The van der Waals surface area contributed by atoms with Gasteiger partial charge in [0, 0.05) is 5.69 Å². The highest BCUT2D eigenvalue weighted by Gasteiger charge is 2.17. The normalized spacial score (nSPS) is 11.2. The van der Waals surface area contributed by atoms with E-state index in [1.165, 1.54) is 0 Å². The molecule has 2 aromatic rings. The van der Waals surface area contributed by atoms with Crippen molar-refractivity contribution in [2.24, 2.45) is 0 Å². The van der Waals surface area contributed by atoms with E-state index in [-0.39, 0.29) is 6.04 Å². The van der Waals surface area contributed by atoms with Crippen LogP contribution in [0.4, 0.5) is 5.69 Å². The summed E-state index contributed by atoms with van der Waals surface area (Å²) in [6.07, 6.45) is 1.65. The lowest BCUT2D eigenvalue weighted by molar-refractivity contribution is -0.136. The quantitative estimate of drug-likeness (QED) is 0.634. The third-order valence-corrected chi connectivity index (χ3v) is 3.33. The Morgan fingerprint density at radius 1 is 1.08 bits per heavy atom. The van der Waals surface area contributed by atoms with Crippen molar-refractivity contribution < 1.29 is 14.3 Å². The minimum atomic E-state index is -0.711. The predicted octanol–water partition coefficient (Wildman–Crippen LogP) is 3.07. The van der Waals surface area contributed by atoms with Crippen molar-refractivity contribution in [3.8, 4) is 5.75 Å². The summed E-state index contributed by atoms with van der Waals surface area (Å²) in [5.74, 6) is -0.731.